The molecule has 0 spiro atoms. The van der Waals surface area contributed by atoms with Gasteiger partial charge < -0.3 is 15.2 Å². The van der Waals surface area contributed by atoms with Gasteiger partial charge in [0, 0.05) is 32.8 Å². The highest BCUT2D eigenvalue weighted by Gasteiger charge is 2.28. The van der Waals surface area contributed by atoms with E-state index in [9.17, 15) is 4.39 Å². The zero-order valence-electron chi connectivity index (χ0n) is 13.4. The predicted molar refractivity (Wildman–Crippen MR) is 82.7 cm³/mol. The Morgan fingerprint density at radius 2 is 1.95 bits per heavy atom. The van der Waals surface area contributed by atoms with Gasteiger partial charge in [0.05, 0.1) is 19.3 Å². The number of hydrogen-bond acceptors (Lipinski definition) is 4. The molecule has 0 aliphatic heterocycles. The van der Waals surface area contributed by atoms with Crippen molar-refractivity contribution < 1.29 is 13.9 Å². The van der Waals surface area contributed by atoms with Gasteiger partial charge in [-0.25, -0.2) is 4.39 Å². The van der Waals surface area contributed by atoms with Crippen molar-refractivity contribution in [2.24, 2.45) is 5.73 Å². The highest BCUT2D eigenvalue weighted by molar-refractivity contribution is 5.22. The Balaban J connectivity index is 3.06. The summed E-state index contributed by atoms with van der Waals surface area (Å²) in [5.74, 6) is -0.246. The van der Waals surface area contributed by atoms with Gasteiger partial charge in [-0.3, -0.25) is 4.90 Å². The fourth-order valence-electron chi connectivity index (χ4n) is 2.65. The Hall–Kier alpha value is -1.01. The first-order valence-corrected chi connectivity index (χ1v) is 7.26. The number of rotatable bonds is 9. The second-order valence-corrected chi connectivity index (χ2v) is 5.39. The highest BCUT2D eigenvalue weighted by Crippen LogP contribution is 2.26. The molecule has 1 rings (SSSR count). The van der Waals surface area contributed by atoms with Gasteiger partial charge in [0.15, 0.2) is 0 Å². The van der Waals surface area contributed by atoms with Gasteiger partial charge >= 0.3 is 0 Å². The van der Waals surface area contributed by atoms with E-state index in [1.165, 1.54) is 6.07 Å². The number of methoxy groups -OCH3 is 2. The summed E-state index contributed by atoms with van der Waals surface area (Å²) in [5.41, 5.74) is 7.06. The predicted octanol–water partition coefficient (Wildman–Crippen LogP) is 2.20. The lowest BCUT2D eigenvalue weighted by Crippen LogP contribution is -2.47. The molecule has 0 radical (unpaired) electrons. The molecule has 0 heterocycles. The monoisotopic (exact) mass is 298 g/mol. The summed E-state index contributed by atoms with van der Waals surface area (Å²) < 4.78 is 24.0. The van der Waals surface area contributed by atoms with Gasteiger partial charge in [-0.2, -0.15) is 0 Å². The summed E-state index contributed by atoms with van der Waals surface area (Å²) in [4.78, 5) is 2.21. The van der Waals surface area contributed by atoms with Crippen LogP contribution in [0, 0.1) is 5.82 Å². The molecule has 3 atom stereocenters. The molecule has 0 amide bonds. The van der Waals surface area contributed by atoms with Crippen molar-refractivity contribution in [2.45, 2.75) is 32.0 Å². The van der Waals surface area contributed by atoms with Crippen LogP contribution in [0.1, 0.15) is 25.5 Å². The highest BCUT2D eigenvalue weighted by atomic mass is 19.1. The molecule has 4 nitrogen and oxygen atoms in total. The van der Waals surface area contributed by atoms with Crippen LogP contribution in [0.3, 0.4) is 0 Å². The fraction of sp³-hybridized carbons (Fsp3) is 0.625. The van der Waals surface area contributed by atoms with E-state index < -0.39 is 0 Å². The summed E-state index contributed by atoms with van der Waals surface area (Å²) in [7, 11) is 3.34. The van der Waals surface area contributed by atoms with Crippen LogP contribution in [0.2, 0.25) is 0 Å². The van der Waals surface area contributed by atoms with Crippen LogP contribution in [-0.2, 0) is 9.47 Å². The quantitative estimate of drug-likeness (QED) is 0.759. The smallest absolute Gasteiger partial charge is 0.123 e. The normalized spacial score (nSPS) is 16.0. The van der Waals surface area contributed by atoms with E-state index >= 15 is 0 Å². The molecule has 2 N–H and O–H groups in total. The molecule has 120 valence electrons. The second kappa shape index (κ2) is 9.10. The Bertz CT molecular complexity index is 415. The average Bonchev–Trinajstić information content (AvgIpc) is 2.43. The van der Waals surface area contributed by atoms with Crippen LogP contribution in [0.25, 0.3) is 0 Å². The van der Waals surface area contributed by atoms with Gasteiger partial charge in [-0.1, -0.05) is 12.1 Å². The zero-order chi connectivity index (χ0) is 15.8. The average molecular weight is 298 g/mol. The van der Waals surface area contributed by atoms with Crippen molar-refractivity contribution >= 4 is 0 Å². The molecule has 1 aromatic carbocycles. The first-order chi connectivity index (χ1) is 10.0. The lowest BCUT2D eigenvalue weighted by molar-refractivity contribution is 0.0400. The first-order valence-electron chi connectivity index (χ1n) is 7.26. The Labute approximate surface area is 127 Å². The van der Waals surface area contributed by atoms with E-state index in [-0.39, 0.29) is 23.9 Å². The minimum atomic E-state index is -0.246. The molecule has 21 heavy (non-hydrogen) atoms. The molecule has 1 aromatic rings. The minimum absolute atomic E-state index is 0.0824. The molecule has 0 bridgehead atoms. The molecule has 0 saturated carbocycles. The molecular formula is C16H27FN2O2. The molecule has 0 saturated heterocycles. The van der Waals surface area contributed by atoms with Crippen molar-refractivity contribution in [3.63, 3.8) is 0 Å². The second-order valence-electron chi connectivity index (χ2n) is 5.39. The van der Waals surface area contributed by atoms with Crippen molar-refractivity contribution in [1.29, 1.82) is 0 Å². The third kappa shape index (κ3) is 5.36. The van der Waals surface area contributed by atoms with E-state index in [1.807, 2.05) is 13.0 Å². The molecule has 0 aliphatic carbocycles. The van der Waals surface area contributed by atoms with Gasteiger partial charge in [0.25, 0.3) is 0 Å². The summed E-state index contributed by atoms with van der Waals surface area (Å²) in [5, 5.41) is 0. The molecule has 3 unspecified atom stereocenters. The Morgan fingerprint density at radius 1 is 1.24 bits per heavy atom. The van der Waals surface area contributed by atoms with Gasteiger partial charge in [0.2, 0.25) is 0 Å². The van der Waals surface area contributed by atoms with E-state index in [0.29, 0.717) is 19.8 Å². The number of halogens is 1. The van der Waals surface area contributed by atoms with Crippen LogP contribution < -0.4 is 5.73 Å². The molecule has 0 aliphatic rings. The van der Waals surface area contributed by atoms with Crippen LogP contribution in [0.4, 0.5) is 4.39 Å². The van der Waals surface area contributed by atoms with E-state index in [2.05, 4.69) is 11.8 Å². The van der Waals surface area contributed by atoms with Gasteiger partial charge in [-0.15, -0.1) is 0 Å². The summed E-state index contributed by atoms with van der Waals surface area (Å²) in [6, 6.07) is 6.56. The number of hydrogen-bond donors (Lipinski definition) is 1. The third-order valence-electron chi connectivity index (χ3n) is 3.57. The van der Waals surface area contributed by atoms with Gasteiger partial charge in [0.1, 0.15) is 5.82 Å². The van der Waals surface area contributed by atoms with Crippen molar-refractivity contribution in [3.05, 3.63) is 35.6 Å². The molecular weight excluding hydrogens is 271 g/mol. The SMILES string of the molecule is COCCN(C(C)COC)C(c1cccc(F)c1)C(C)N. The van der Waals surface area contributed by atoms with Crippen LogP contribution in [0.5, 0.6) is 0 Å². The maximum Gasteiger partial charge on any atom is 0.123 e. The van der Waals surface area contributed by atoms with E-state index in [0.717, 1.165) is 5.56 Å². The van der Waals surface area contributed by atoms with Crippen molar-refractivity contribution in [2.75, 3.05) is 34.0 Å². The van der Waals surface area contributed by atoms with Crippen molar-refractivity contribution in [1.82, 2.24) is 4.90 Å². The number of nitrogens with zero attached hydrogens (tertiary/aromatic N) is 1. The first kappa shape index (κ1) is 18.0. The lowest BCUT2D eigenvalue weighted by Gasteiger charge is -2.38. The summed E-state index contributed by atoms with van der Waals surface area (Å²) >= 11 is 0. The Morgan fingerprint density at radius 3 is 2.48 bits per heavy atom. The summed E-state index contributed by atoms with van der Waals surface area (Å²) in [6.45, 7) is 5.90. The number of nitrogens with two attached hydrogens (primary N) is 1. The standard InChI is InChI=1S/C16H27FN2O2/c1-12(11-21-4)19(8-9-20-3)16(13(2)18)14-6-5-7-15(17)10-14/h5-7,10,12-13,16H,8-9,11,18H2,1-4H3. The molecule has 5 heteroatoms. The maximum atomic E-state index is 13.5. The van der Waals surface area contributed by atoms with E-state index in [4.69, 9.17) is 15.2 Å². The lowest BCUT2D eigenvalue weighted by atomic mass is 9.97. The minimum Gasteiger partial charge on any atom is -0.383 e. The van der Waals surface area contributed by atoms with Crippen LogP contribution in [0.15, 0.2) is 24.3 Å². The molecule has 0 fully saturated rings. The number of benzene rings is 1. The molecule has 0 aromatic heterocycles. The number of ether oxygens (including phenoxy) is 2. The topological polar surface area (TPSA) is 47.7 Å². The summed E-state index contributed by atoms with van der Waals surface area (Å²) in [6.07, 6.45) is 0. The third-order valence-corrected chi connectivity index (χ3v) is 3.57. The Kier molecular flexibility index (Phi) is 7.82. The van der Waals surface area contributed by atoms with E-state index in [1.54, 1.807) is 26.4 Å². The largest absolute Gasteiger partial charge is 0.383 e. The van der Waals surface area contributed by atoms with Gasteiger partial charge in [-0.05, 0) is 31.5 Å². The van der Waals surface area contributed by atoms with Crippen LogP contribution in [-0.4, -0.2) is 51.0 Å². The van der Waals surface area contributed by atoms with Crippen LogP contribution >= 0.6 is 0 Å². The zero-order valence-corrected chi connectivity index (χ0v) is 13.4. The van der Waals surface area contributed by atoms with Crippen molar-refractivity contribution in [3.8, 4) is 0 Å². The maximum absolute atomic E-state index is 13.5. The fourth-order valence-corrected chi connectivity index (χ4v) is 2.65.